The lowest BCUT2D eigenvalue weighted by Crippen LogP contribution is -2.33. The van der Waals surface area contributed by atoms with Gasteiger partial charge in [0.1, 0.15) is 28.8 Å². The molecule has 2 rings (SSSR count). The largest absolute Gasteiger partial charge is 0.497 e. The Balaban J connectivity index is 2.10. The van der Waals surface area contributed by atoms with Crippen LogP contribution in [0.1, 0.15) is 13.3 Å². The van der Waals surface area contributed by atoms with Crippen molar-refractivity contribution in [3.05, 3.63) is 48.0 Å². The van der Waals surface area contributed by atoms with E-state index in [1.165, 1.54) is 27.2 Å². The van der Waals surface area contributed by atoms with Crippen molar-refractivity contribution in [1.82, 2.24) is 0 Å². The van der Waals surface area contributed by atoms with Crippen LogP contribution in [-0.4, -0.2) is 32.6 Å². The Hall–Kier alpha value is -3.16. The van der Waals surface area contributed by atoms with Gasteiger partial charge in [-0.1, -0.05) is 6.07 Å². The topological polar surface area (TPSA) is 67.9 Å². The van der Waals surface area contributed by atoms with E-state index in [0.29, 0.717) is 17.2 Å². The van der Waals surface area contributed by atoms with Crippen LogP contribution >= 0.6 is 0 Å². The predicted octanol–water partition coefficient (Wildman–Crippen LogP) is 3.36. The summed E-state index contributed by atoms with van der Waals surface area (Å²) in [5.41, 5.74) is -0.0606. The third-order valence-electron chi connectivity index (χ3n) is 3.83. The minimum atomic E-state index is -0.873. The molecule has 0 atom stereocenters. The van der Waals surface area contributed by atoms with Crippen LogP contribution in [-0.2, 0) is 9.59 Å². The molecule has 0 heterocycles. The van der Waals surface area contributed by atoms with Crippen LogP contribution in [0.3, 0.4) is 0 Å². The number of nitrogens with zero attached hydrogens (tertiary/aromatic N) is 1. The molecule has 0 fully saturated rings. The van der Waals surface area contributed by atoms with Gasteiger partial charge in [0.15, 0.2) is 0 Å². The maximum atomic E-state index is 13.9. The van der Waals surface area contributed by atoms with Crippen LogP contribution in [0.5, 0.6) is 11.5 Å². The van der Waals surface area contributed by atoms with E-state index in [1.54, 1.807) is 18.2 Å². The third kappa shape index (κ3) is 4.93. The lowest BCUT2D eigenvalue weighted by molar-refractivity contribution is -0.117. The summed E-state index contributed by atoms with van der Waals surface area (Å²) in [4.78, 5) is 25.0. The van der Waals surface area contributed by atoms with Crippen molar-refractivity contribution in [2.24, 2.45) is 0 Å². The molecule has 0 unspecified atom stereocenters. The second-order valence-corrected chi connectivity index (χ2v) is 5.61. The summed E-state index contributed by atoms with van der Waals surface area (Å²) in [7, 11) is 2.95. The minimum Gasteiger partial charge on any atom is -0.497 e. The molecule has 0 spiro atoms. The third-order valence-corrected chi connectivity index (χ3v) is 3.83. The second kappa shape index (κ2) is 8.98. The number of ether oxygens (including phenoxy) is 2. The number of amides is 2. The molecule has 0 aliphatic heterocycles. The van der Waals surface area contributed by atoms with Crippen LogP contribution in [0.2, 0.25) is 0 Å². The summed E-state index contributed by atoms with van der Waals surface area (Å²) in [6, 6.07) is 8.16. The molecule has 6 nitrogen and oxygen atoms in total. The van der Waals surface area contributed by atoms with Crippen molar-refractivity contribution in [1.29, 1.82) is 0 Å². The quantitative estimate of drug-likeness (QED) is 0.802. The lowest BCUT2D eigenvalue weighted by atomic mass is 10.2. The lowest BCUT2D eigenvalue weighted by Gasteiger charge is -2.22. The number of halogens is 2. The van der Waals surface area contributed by atoms with Crippen LogP contribution in [0.4, 0.5) is 20.2 Å². The van der Waals surface area contributed by atoms with E-state index in [4.69, 9.17) is 9.47 Å². The van der Waals surface area contributed by atoms with Gasteiger partial charge in [-0.05, 0) is 24.3 Å². The first-order chi connectivity index (χ1) is 12.9. The van der Waals surface area contributed by atoms with Gasteiger partial charge in [0.2, 0.25) is 11.8 Å². The molecule has 0 aromatic heterocycles. The van der Waals surface area contributed by atoms with Crippen molar-refractivity contribution >= 4 is 23.2 Å². The van der Waals surface area contributed by atoms with Gasteiger partial charge in [0.25, 0.3) is 0 Å². The smallest absolute Gasteiger partial charge is 0.226 e. The van der Waals surface area contributed by atoms with Gasteiger partial charge in [-0.3, -0.25) is 9.59 Å². The summed E-state index contributed by atoms with van der Waals surface area (Å²) < 4.78 is 38.2. The molecule has 0 radical (unpaired) electrons. The fraction of sp³-hybridized carbons (Fsp3) is 0.263. The molecule has 2 aromatic rings. The number of methoxy groups -OCH3 is 2. The number of benzene rings is 2. The molecule has 144 valence electrons. The van der Waals surface area contributed by atoms with E-state index in [2.05, 4.69) is 5.32 Å². The molecule has 27 heavy (non-hydrogen) atoms. The van der Waals surface area contributed by atoms with Gasteiger partial charge in [-0.15, -0.1) is 0 Å². The Morgan fingerprint density at radius 2 is 1.74 bits per heavy atom. The molecule has 0 saturated heterocycles. The maximum absolute atomic E-state index is 13.9. The second-order valence-electron chi connectivity index (χ2n) is 5.61. The SMILES string of the molecule is COc1ccc(NC(=O)CCN(C(C)=O)c2c(F)cccc2F)c(OC)c1. The van der Waals surface area contributed by atoms with E-state index in [0.717, 1.165) is 17.0 Å². The zero-order valence-electron chi connectivity index (χ0n) is 15.2. The number of carbonyl (C=O) groups is 2. The zero-order valence-corrected chi connectivity index (χ0v) is 15.2. The van der Waals surface area contributed by atoms with E-state index in [-0.39, 0.29) is 13.0 Å². The van der Waals surface area contributed by atoms with Crippen LogP contribution in [0.15, 0.2) is 36.4 Å². The highest BCUT2D eigenvalue weighted by atomic mass is 19.1. The molecular weight excluding hydrogens is 358 g/mol. The molecule has 0 aliphatic rings. The van der Waals surface area contributed by atoms with Crippen molar-refractivity contribution in [3.63, 3.8) is 0 Å². The fourth-order valence-corrected chi connectivity index (χ4v) is 2.50. The Morgan fingerprint density at radius 1 is 1.07 bits per heavy atom. The summed E-state index contributed by atoms with van der Waals surface area (Å²) in [6.45, 7) is 0.994. The first-order valence-electron chi connectivity index (χ1n) is 8.11. The molecule has 0 saturated carbocycles. The normalized spacial score (nSPS) is 10.3. The minimum absolute atomic E-state index is 0.164. The summed E-state index contributed by atoms with van der Waals surface area (Å²) >= 11 is 0. The number of nitrogens with one attached hydrogen (secondary N) is 1. The first-order valence-corrected chi connectivity index (χ1v) is 8.11. The van der Waals surface area contributed by atoms with E-state index < -0.39 is 29.1 Å². The van der Waals surface area contributed by atoms with Crippen molar-refractivity contribution in [2.45, 2.75) is 13.3 Å². The standard InChI is InChI=1S/C19H20F2N2O4/c1-12(24)23(19-14(20)5-4-6-15(19)21)10-9-18(25)22-16-8-7-13(26-2)11-17(16)27-3/h4-8,11H,9-10H2,1-3H3,(H,22,25). The summed E-state index contributed by atoms with van der Waals surface area (Å²) in [6.07, 6.45) is -0.164. The average Bonchev–Trinajstić information content (AvgIpc) is 2.64. The highest BCUT2D eigenvalue weighted by molar-refractivity contribution is 5.95. The van der Waals surface area contributed by atoms with Gasteiger partial charge >= 0.3 is 0 Å². The first kappa shape index (κ1) is 20.2. The van der Waals surface area contributed by atoms with E-state index in [1.807, 2.05) is 0 Å². The van der Waals surface area contributed by atoms with Gasteiger partial charge in [0.05, 0.1) is 19.9 Å². The molecule has 8 heteroatoms. The zero-order chi connectivity index (χ0) is 20.0. The van der Waals surface area contributed by atoms with Crippen LogP contribution in [0.25, 0.3) is 0 Å². The highest BCUT2D eigenvalue weighted by Crippen LogP contribution is 2.29. The van der Waals surface area contributed by atoms with Gasteiger partial charge < -0.3 is 19.7 Å². The molecule has 0 aliphatic carbocycles. The van der Waals surface area contributed by atoms with E-state index >= 15 is 0 Å². The monoisotopic (exact) mass is 378 g/mol. The van der Waals surface area contributed by atoms with Crippen molar-refractivity contribution < 1.29 is 27.8 Å². The van der Waals surface area contributed by atoms with Crippen molar-refractivity contribution in [3.8, 4) is 11.5 Å². The predicted molar refractivity (Wildman–Crippen MR) is 97.2 cm³/mol. The Kier molecular flexibility index (Phi) is 6.70. The van der Waals surface area contributed by atoms with Crippen LogP contribution < -0.4 is 19.7 Å². The average molecular weight is 378 g/mol. The van der Waals surface area contributed by atoms with E-state index in [9.17, 15) is 18.4 Å². The number of para-hydroxylation sites is 1. The van der Waals surface area contributed by atoms with Gasteiger partial charge in [0, 0.05) is 26.0 Å². The Morgan fingerprint density at radius 3 is 2.30 bits per heavy atom. The number of hydrogen-bond donors (Lipinski definition) is 1. The van der Waals surface area contributed by atoms with Crippen LogP contribution in [0, 0.1) is 11.6 Å². The molecule has 2 aromatic carbocycles. The summed E-state index contributed by atoms with van der Waals surface area (Å²) in [5, 5.41) is 2.64. The van der Waals surface area contributed by atoms with Crippen molar-refractivity contribution in [2.75, 3.05) is 31.0 Å². The maximum Gasteiger partial charge on any atom is 0.226 e. The molecule has 1 N–H and O–H groups in total. The number of carbonyl (C=O) groups excluding carboxylic acids is 2. The fourth-order valence-electron chi connectivity index (χ4n) is 2.50. The Labute approximate surface area is 155 Å². The molecule has 0 bridgehead atoms. The summed E-state index contributed by atoms with van der Waals surface area (Å²) in [5.74, 6) is -1.81. The van der Waals surface area contributed by atoms with Gasteiger partial charge in [-0.25, -0.2) is 8.78 Å². The van der Waals surface area contributed by atoms with Gasteiger partial charge in [-0.2, -0.15) is 0 Å². The molecule has 2 amide bonds. The number of rotatable bonds is 7. The Bertz CT molecular complexity index is 822. The molecular formula is C19H20F2N2O4. The number of hydrogen-bond acceptors (Lipinski definition) is 4. The highest BCUT2D eigenvalue weighted by Gasteiger charge is 2.21. The number of anilines is 2.